The van der Waals surface area contributed by atoms with Crippen LogP contribution in [-0.4, -0.2) is 64.5 Å². The van der Waals surface area contributed by atoms with Crippen LogP contribution in [0.15, 0.2) is 72.9 Å². The second kappa shape index (κ2) is 11.5. The van der Waals surface area contributed by atoms with Gasteiger partial charge in [0.1, 0.15) is 5.65 Å². The number of ether oxygens (including phenoxy) is 1. The average Bonchev–Trinajstić information content (AvgIpc) is 3.35. The number of aromatic nitrogens is 2. The van der Waals surface area contributed by atoms with Gasteiger partial charge in [-0.2, -0.15) is 0 Å². The molecule has 2 unspecified atom stereocenters. The smallest absolute Gasteiger partial charge is 0.225 e. The number of hydrogen-bond acceptors (Lipinski definition) is 4. The molecular formula is C32H35ClN4O2. The van der Waals surface area contributed by atoms with E-state index in [4.69, 9.17) is 21.3 Å². The topological polar surface area (TPSA) is 50.1 Å². The van der Waals surface area contributed by atoms with E-state index in [1.807, 2.05) is 30.3 Å². The van der Waals surface area contributed by atoms with Crippen molar-refractivity contribution in [1.82, 2.24) is 19.2 Å². The second-order valence-corrected chi connectivity index (χ2v) is 11.2. The fourth-order valence-electron chi connectivity index (χ4n) is 6.06. The molecule has 2 aromatic carbocycles. The molecular weight excluding hydrogens is 508 g/mol. The minimum atomic E-state index is 0.0990. The molecule has 6 nitrogen and oxygen atoms in total. The van der Waals surface area contributed by atoms with E-state index in [2.05, 4.69) is 56.8 Å². The molecule has 0 radical (unpaired) electrons. The Labute approximate surface area is 235 Å². The lowest BCUT2D eigenvalue weighted by Gasteiger charge is -2.38. The van der Waals surface area contributed by atoms with Crippen LogP contribution in [-0.2, 0) is 16.1 Å². The lowest BCUT2D eigenvalue weighted by Crippen LogP contribution is -2.50. The molecule has 6 rings (SSSR count). The first kappa shape index (κ1) is 26.1. The van der Waals surface area contributed by atoms with Crippen molar-refractivity contribution in [3.8, 4) is 22.4 Å². The maximum atomic E-state index is 13.3. The maximum absolute atomic E-state index is 13.3. The molecule has 202 valence electrons. The van der Waals surface area contributed by atoms with E-state index >= 15 is 0 Å². The van der Waals surface area contributed by atoms with Crippen LogP contribution in [0.4, 0.5) is 0 Å². The largest absolute Gasteiger partial charge is 0.381 e. The molecule has 2 aromatic heterocycles. The van der Waals surface area contributed by atoms with Gasteiger partial charge in [-0.1, -0.05) is 60.5 Å². The van der Waals surface area contributed by atoms with Gasteiger partial charge in [-0.25, -0.2) is 4.98 Å². The van der Waals surface area contributed by atoms with Gasteiger partial charge in [0.25, 0.3) is 0 Å². The third kappa shape index (κ3) is 5.60. The van der Waals surface area contributed by atoms with Crippen molar-refractivity contribution in [3.63, 3.8) is 0 Å². The first-order valence-electron chi connectivity index (χ1n) is 14.0. The van der Waals surface area contributed by atoms with Crippen LogP contribution >= 0.6 is 11.6 Å². The van der Waals surface area contributed by atoms with Crippen LogP contribution < -0.4 is 0 Å². The predicted octanol–water partition coefficient (Wildman–Crippen LogP) is 6.17. The van der Waals surface area contributed by atoms with E-state index in [1.54, 1.807) is 7.11 Å². The lowest BCUT2D eigenvalue weighted by atomic mass is 9.86. The Morgan fingerprint density at radius 2 is 1.67 bits per heavy atom. The fourth-order valence-corrected chi connectivity index (χ4v) is 6.19. The zero-order valence-corrected chi connectivity index (χ0v) is 23.2. The van der Waals surface area contributed by atoms with Crippen LogP contribution in [0.1, 0.15) is 31.4 Å². The van der Waals surface area contributed by atoms with Gasteiger partial charge in [0.2, 0.25) is 5.91 Å². The Morgan fingerprint density at radius 3 is 2.41 bits per heavy atom. The summed E-state index contributed by atoms with van der Waals surface area (Å²) in [5.74, 6) is 0.405. The normalized spacial score (nSPS) is 20.4. The van der Waals surface area contributed by atoms with Crippen molar-refractivity contribution < 1.29 is 9.53 Å². The summed E-state index contributed by atoms with van der Waals surface area (Å²) in [5, 5.41) is 0.714. The molecule has 0 N–H and O–H groups in total. The van der Waals surface area contributed by atoms with Gasteiger partial charge in [-0.05, 0) is 54.7 Å². The van der Waals surface area contributed by atoms with Gasteiger partial charge in [-0.3, -0.25) is 9.69 Å². The standard InChI is InChI=1S/C32H35ClN4O2/c1-39-28-9-5-8-25(20-28)32(38)36-18-16-35(17-19-36)22-29-31(24-10-13-27(33)14-11-24)34-30-15-12-26(21-37(29)30)23-6-3-2-4-7-23/h2-4,6-7,10-15,21,25,28H,5,8-9,16-20,22H2,1H3. The van der Waals surface area contributed by atoms with E-state index in [1.165, 1.54) is 5.56 Å². The number of fused-ring (bicyclic) bond motifs is 1. The molecule has 1 saturated heterocycles. The van der Waals surface area contributed by atoms with Crippen molar-refractivity contribution in [2.75, 3.05) is 33.3 Å². The monoisotopic (exact) mass is 542 g/mol. The Hall–Kier alpha value is -3.19. The second-order valence-electron chi connectivity index (χ2n) is 10.7. The number of hydrogen-bond donors (Lipinski definition) is 0. The molecule has 39 heavy (non-hydrogen) atoms. The molecule has 1 aliphatic heterocycles. The molecule has 2 aliphatic rings. The third-order valence-corrected chi connectivity index (χ3v) is 8.56. The van der Waals surface area contributed by atoms with Gasteiger partial charge in [0.15, 0.2) is 0 Å². The minimum absolute atomic E-state index is 0.0990. The van der Waals surface area contributed by atoms with Crippen molar-refractivity contribution in [2.24, 2.45) is 5.92 Å². The van der Waals surface area contributed by atoms with Crippen LogP contribution in [0, 0.1) is 5.92 Å². The number of nitrogens with zero attached hydrogens (tertiary/aromatic N) is 4. The van der Waals surface area contributed by atoms with Crippen molar-refractivity contribution in [2.45, 2.75) is 38.3 Å². The first-order valence-corrected chi connectivity index (χ1v) is 14.3. The van der Waals surface area contributed by atoms with Crippen LogP contribution in [0.3, 0.4) is 0 Å². The van der Waals surface area contributed by atoms with Gasteiger partial charge >= 0.3 is 0 Å². The Kier molecular flexibility index (Phi) is 7.69. The molecule has 1 aliphatic carbocycles. The Bertz CT molecular complexity index is 1430. The highest BCUT2D eigenvalue weighted by Crippen LogP contribution is 2.31. The highest BCUT2D eigenvalue weighted by atomic mass is 35.5. The molecule has 7 heteroatoms. The lowest BCUT2D eigenvalue weighted by molar-refractivity contribution is -0.140. The molecule has 0 bridgehead atoms. The third-order valence-electron chi connectivity index (χ3n) is 8.31. The Balaban J connectivity index is 1.24. The highest BCUT2D eigenvalue weighted by Gasteiger charge is 2.32. The maximum Gasteiger partial charge on any atom is 0.225 e. The van der Waals surface area contributed by atoms with Crippen molar-refractivity contribution in [1.29, 1.82) is 0 Å². The van der Waals surface area contributed by atoms with E-state index in [0.717, 1.165) is 86.6 Å². The average molecular weight is 543 g/mol. The summed E-state index contributed by atoms with van der Waals surface area (Å²) in [4.78, 5) is 22.8. The number of amides is 1. The number of piperazine rings is 1. The molecule has 0 spiro atoms. The SMILES string of the molecule is COC1CCCC(C(=O)N2CCN(Cc3c(-c4ccc(Cl)cc4)nc4ccc(-c5ccccc5)cn34)CC2)C1. The number of rotatable bonds is 6. The molecule has 4 aromatic rings. The molecule has 3 heterocycles. The van der Waals surface area contributed by atoms with Crippen molar-refractivity contribution >= 4 is 23.2 Å². The minimum Gasteiger partial charge on any atom is -0.381 e. The zero-order chi connectivity index (χ0) is 26.8. The van der Waals surface area contributed by atoms with Gasteiger partial charge in [0.05, 0.1) is 17.5 Å². The Morgan fingerprint density at radius 1 is 0.923 bits per heavy atom. The number of imidazole rings is 1. The number of benzene rings is 2. The van der Waals surface area contributed by atoms with Crippen LogP contribution in [0.5, 0.6) is 0 Å². The van der Waals surface area contributed by atoms with Gasteiger partial charge < -0.3 is 14.0 Å². The molecule has 2 fully saturated rings. The number of halogens is 1. The predicted molar refractivity (Wildman–Crippen MR) is 156 cm³/mol. The quantitative estimate of drug-likeness (QED) is 0.292. The number of pyridine rings is 1. The number of methoxy groups -OCH3 is 1. The van der Waals surface area contributed by atoms with E-state index < -0.39 is 0 Å². The summed E-state index contributed by atoms with van der Waals surface area (Å²) in [6.45, 7) is 3.97. The van der Waals surface area contributed by atoms with Gasteiger partial charge in [0, 0.05) is 62.5 Å². The molecule has 2 atom stereocenters. The number of carbonyl (C=O) groups is 1. The molecule has 1 amide bonds. The summed E-state index contributed by atoms with van der Waals surface area (Å²) < 4.78 is 7.80. The van der Waals surface area contributed by atoms with E-state index in [9.17, 15) is 4.79 Å². The summed E-state index contributed by atoms with van der Waals surface area (Å²) in [5.41, 5.74) is 6.44. The summed E-state index contributed by atoms with van der Waals surface area (Å²) in [6, 6.07) is 22.6. The summed E-state index contributed by atoms with van der Waals surface area (Å²) in [7, 11) is 1.76. The number of carbonyl (C=O) groups excluding carboxylic acids is 1. The van der Waals surface area contributed by atoms with Crippen molar-refractivity contribution in [3.05, 3.63) is 83.6 Å². The summed E-state index contributed by atoms with van der Waals surface area (Å²) in [6.07, 6.45) is 6.38. The van der Waals surface area contributed by atoms with E-state index in [-0.39, 0.29) is 12.0 Å². The van der Waals surface area contributed by atoms with E-state index in [0.29, 0.717) is 10.9 Å². The van der Waals surface area contributed by atoms with Crippen LogP contribution in [0.25, 0.3) is 28.0 Å². The highest BCUT2D eigenvalue weighted by molar-refractivity contribution is 6.30. The zero-order valence-electron chi connectivity index (χ0n) is 22.4. The first-order chi connectivity index (χ1) is 19.1. The summed E-state index contributed by atoms with van der Waals surface area (Å²) >= 11 is 6.20. The fraction of sp³-hybridized carbons (Fsp3) is 0.375. The molecule has 1 saturated carbocycles. The van der Waals surface area contributed by atoms with Crippen LogP contribution in [0.2, 0.25) is 5.02 Å². The van der Waals surface area contributed by atoms with Gasteiger partial charge in [-0.15, -0.1) is 0 Å².